The van der Waals surface area contributed by atoms with Gasteiger partial charge in [0.2, 0.25) is 11.8 Å². The number of aryl methyl sites for hydroxylation is 1. The highest BCUT2D eigenvalue weighted by atomic mass is 79.9. The molecule has 6 nitrogen and oxygen atoms in total. The Bertz CT molecular complexity index is 1070. The molecule has 9 heteroatoms. The summed E-state index contributed by atoms with van der Waals surface area (Å²) < 4.78 is 26.9. The average molecular weight is 497 g/mol. The monoisotopic (exact) mass is 496 g/mol. The predicted octanol–water partition coefficient (Wildman–Crippen LogP) is 4.38. The second-order valence-electron chi connectivity index (χ2n) is 6.88. The Hall–Kier alpha value is -1.84. The molecule has 0 spiro atoms. The molecular weight excluding hydrogens is 476 g/mol. The third-order valence-electron chi connectivity index (χ3n) is 4.58. The van der Waals surface area contributed by atoms with Crippen molar-refractivity contribution in [2.45, 2.75) is 41.7 Å². The van der Waals surface area contributed by atoms with Gasteiger partial charge in [-0.05, 0) is 55.8 Å². The predicted molar refractivity (Wildman–Crippen MR) is 119 cm³/mol. The number of carbonyl (C=O) groups is 2. The van der Waals surface area contributed by atoms with Crippen LogP contribution in [0.3, 0.4) is 0 Å². The van der Waals surface area contributed by atoms with Gasteiger partial charge in [0, 0.05) is 33.7 Å². The number of thioether (sulfide) groups is 1. The number of fused-ring (bicyclic) bond motifs is 1. The summed E-state index contributed by atoms with van der Waals surface area (Å²) in [6, 6.07) is 10.1. The smallest absolute Gasteiger partial charge is 0.225 e. The summed E-state index contributed by atoms with van der Waals surface area (Å²) in [4.78, 5) is 25.1. The van der Waals surface area contributed by atoms with Gasteiger partial charge in [0.25, 0.3) is 0 Å². The van der Waals surface area contributed by atoms with Crippen LogP contribution in [0.4, 0.5) is 11.4 Å². The molecule has 0 aliphatic carbocycles. The number of hydrogen-bond acceptors (Lipinski definition) is 5. The summed E-state index contributed by atoms with van der Waals surface area (Å²) >= 11 is 4.91. The molecule has 2 aromatic rings. The summed E-state index contributed by atoms with van der Waals surface area (Å²) in [6.07, 6.45) is 0.211. The van der Waals surface area contributed by atoms with E-state index >= 15 is 0 Å². The fourth-order valence-electron chi connectivity index (χ4n) is 2.91. The molecule has 2 amide bonds. The van der Waals surface area contributed by atoms with E-state index in [1.165, 1.54) is 30.8 Å². The third kappa shape index (κ3) is 5.21. The molecule has 3 rings (SSSR count). The number of sulfone groups is 1. The number of hydrogen-bond donors (Lipinski definition) is 2. The zero-order valence-corrected chi connectivity index (χ0v) is 19.2. The second kappa shape index (κ2) is 8.89. The van der Waals surface area contributed by atoms with Crippen LogP contribution in [0.1, 0.15) is 25.3 Å². The Labute approximate surface area is 182 Å². The first-order valence-electron chi connectivity index (χ1n) is 9.03. The van der Waals surface area contributed by atoms with E-state index < -0.39 is 15.1 Å². The number of carbonyl (C=O) groups excluding carboxylic acids is 2. The summed E-state index contributed by atoms with van der Waals surface area (Å²) in [5, 5.41) is 4.58. The number of halogens is 1. The second-order valence-corrected chi connectivity index (χ2v) is 11.2. The summed E-state index contributed by atoms with van der Waals surface area (Å²) in [5.41, 5.74) is 2.08. The molecule has 0 fully saturated rings. The van der Waals surface area contributed by atoms with Crippen LogP contribution in [0.25, 0.3) is 0 Å². The lowest BCUT2D eigenvalue weighted by Crippen LogP contribution is -2.25. The van der Waals surface area contributed by atoms with E-state index in [0.717, 1.165) is 14.9 Å². The van der Waals surface area contributed by atoms with Crippen molar-refractivity contribution in [1.29, 1.82) is 0 Å². The van der Waals surface area contributed by atoms with Crippen molar-refractivity contribution in [1.82, 2.24) is 0 Å². The lowest BCUT2D eigenvalue weighted by atomic mass is 10.2. The van der Waals surface area contributed by atoms with Gasteiger partial charge in [-0.1, -0.05) is 15.9 Å². The molecule has 0 aromatic heterocycles. The quantitative estimate of drug-likeness (QED) is 0.640. The Morgan fingerprint density at radius 1 is 1.28 bits per heavy atom. The van der Waals surface area contributed by atoms with Gasteiger partial charge in [0.15, 0.2) is 9.84 Å². The number of amides is 2. The molecule has 0 radical (unpaired) electrons. The third-order valence-corrected chi connectivity index (χ3v) is 8.69. The lowest BCUT2D eigenvalue weighted by Gasteiger charge is -2.15. The van der Waals surface area contributed by atoms with E-state index in [1.807, 2.05) is 19.1 Å². The highest BCUT2D eigenvalue weighted by Gasteiger charge is 2.27. The van der Waals surface area contributed by atoms with Crippen molar-refractivity contribution < 1.29 is 18.0 Å². The Kier molecular flexibility index (Phi) is 6.70. The van der Waals surface area contributed by atoms with Crippen molar-refractivity contribution in [3.8, 4) is 0 Å². The lowest BCUT2D eigenvalue weighted by molar-refractivity contribution is -0.116. The normalized spacial score (nSPS) is 15.1. The first-order valence-corrected chi connectivity index (χ1v) is 12.4. The topological polar surface area (TPSA) is 92.3 Å². The molecule has 1 atom stereocenters. The minimum Gasteiger partial charge on any atom is -0.326 e. The molecular formula is C20H21BrN2O4S2. The zero-order chi connectivity index (χ0) is 21.2. The van der Waals surface area contributed by atoms with Crippen molar-refractivity contribution in [3.05, 3.63) is 46.4 Å². The fourth-order valence-corrected chi connectivity index (χ4v) is 5.47. The van der Waals surface area contributed by atoms with Gasteiger partial charge in [0.05, 0.1) is 15.8 Å². The molecule has 29 heavy (non-hydrogen) atoms. The average Bonchev–Trinajstić information content (AvgIpc) is 2.84. The minimum absolute atomic E-state index is 0.0961. The highest BCUT2D eigenvalue weighted by molar-refractivity contribution is 9.10. The van der Waals surface area contributed by atoms with Crippen LogP contribution in [-0.2, 0) is 19.4 Å². The molecule has 1 unspecified atom stereocenters. The van der Waals surface area contributed by atoms with E-state index in [9.17, 15) is 18.0 Å². The fraction of sp³-hybridized carbons (Fsp3) is 0.300. The Morgan fingerprint density at radius 3 is 2.76 bits per heavy atom. The van der Waals surface area contributed by atoms with Crippen LogP contribution in [0.15, 0.2) is 50.7 Å². The van der Waals surface area contributed by atoms with Crippen LogP contribution in [0, 0.1) is 6.92 Å². The maximum Gasteiger partial charge on any atom is 0.225 e. The van der Waals surface area contributed by atoms with Crippen molar-refractivity contribution in [3.63, 3.8) is 0 Å². The van der Waals surface area contributed by atoms with Gasteiger partial charge in [-0.3, -0.25) is 9.59 Å². The maximum atomic E-state index is 13.0. The van der Waals surface area contributed by atoms with Gasteiger partial charge in [0.1, 0.15) is 0 Å². The molecule has 2 N–H and O–H groups in total. The van der Waals surface area contributed by atoms with E-state index in [-0.39, 0.29) is 23.1 Å². The summed E-state index contributed by atoms with van der Waals surface area (Å²) in [7, 11) is -3.73. The van der Waals surface area contributed by atoms with Gasteiger partial charge in [-0.15, -0.1) is 11.8 Å². The molecule has 1 aliphatic heterocycles. The van der Waals surface area contributed by atoms with Crippen molar-refractivity contribution in [2.24, 2.45) is 0 Å². The molecule has 1 aliphatic rings. The largest absolute Gasteiger partial charge is 0.326 e. The molecule has 0 bridgehead atoms. The Balaban J connectivity index is 1.74. The molecule has 0 saturated heterocycles. The first-order chi connectivity index (χ1) is 13.7. The minimum atomic E-state index is -3.73. The van der Waals surface area contributed by atoms with E-state index in [1.54, 1.807) is 12.1 Å². The summed E-state index contributed by atoms with van der Waals surface area (Å²) in [5.74, 6) is 0.140. The standard InChI is InChI=1S/C20H21BrN2O4S2/c1-12-9-14(3-5-16(12)21)22-20(25)10-13(2)29(26,27)15-4-6-18-17(11-15)23-19(24)7-8-28-18/h3-6,9,11,13H,7-8,10H2,1-2H3,(H,22,25)(H,23,24). The van der Waals surface area contributed by atoms with Crippen LogP contribution >= 0.6 is 27.7 Å². The van der Waals surface area contributed by atoms with E-state index in [0.29, 0.717) is 23.5 Å². The van der Waals surface area contributed by atoms with Crippen molar-refractivity contribution in [2.75, 3.05) is 16.4 Å². The van der Waals surface area contributed by atoms with Gasteiger partial charge in [-0.25, -0.2) is 8.42 Å². The molecule has 0 saturated carbocycles. The number of nitrogens with one attached hydrogen (secondary N) is 2. The number of anilines is 2. The molecule has 154 valence electrons. The van der Waals surface area contributed by atoms with E-state index in [4.69, 9.17) is 0 Å². The van der Waals surface area contributed by atoms with Crippen molar-refractivity contribution >= 4 is 60.7 Å². The zero-order valence-electron chi connectivity index (χ0n) is 16.0. The van der Waals surface area contributed by atoms with E-state index in [2.05, 4.69) is 26.6 Å². The SMILES string of the molecule is Cc1cc(NC(=O)CC(C)S(=O)(=O)c2ccc3c(c2)NC(=O)CCS3)ccc1Br. The van der Waals surface area contributed by atoms with Gasteiger partial charge >= 0.3 is 0 Å². The maximum absolute atomic E-state index is 13.0. The van der Waals surface area contributed by atoms with Gasteiger partial charge < -0.3 is 10.6 Å². The molecule has 1 heterocycles. The van der Waals surface area contributed by atoms with Crippen LogP contribution in [-0.4, -0.2) is 31.2 Å². The highest BCUT2D eigenvalue weighted by Crippen LogP contribution is 2.33. The summed E-state index contributed by atoms with van der Waals surface area (Å²) in [6.45, 7) is 3.42. The van der Waals surface area contributed by atoms with Crippen LogP contribution < -0.4 is 10.6 Å². The van der Waals surface area contributed by atoms with Crippen LogP contribution in [0.2, 0.25) is 0 Å². The molecule has 2 aromatic carbocycles. The number of benzene rings is 2. The Morgan fingerprint density at radius 2 is 2.03 bits per heavy atom. The first kappa shape index (κ1) is 21.9. The van der Waals surface area contributed by atoms with Gasteiger partial charge in [-0.2, -0.15) is 0 Å². The number of rotatable bonds is 5. The van der Waals surface area contributed by atoms with Crippen LogP contribution in [0.5, 0.6) is 0 Å².